The highest BCUT2D eigenvalue weighted by Gasteiger charge is 2.37. The van der Waals surface area contributed by atoms with Gasteiger partial charge in [0.15, 0.2) is 0 Å². The van der Waals surface area contributed by atoms with Crippen molar-refractivity contribution >= 4 is 16.9 Å². The van der Waals surface area contributed by atoms with Crippen molar-refractivity contribution in [3.8, 4) is 28.0 Å². The molecular formula is C28H24F5N3O4. The predicted octanol–water partition coefficient (Wildman–Crippen LogP) is 6.48. The van der Waals surface area contributed by atoms with E-state index in [-0.39, 0.29) is 24.6 Å². The summed E-state index contributed by atoms with van der Waals surface area (Å²) in [6, 6.07) is 8.75. The van der Waals surface area contributed by atoms with Crippen molar-refractivity contribution in [2.45, 2.75) is 38.1 Å². The zero-order valence-corrected chi connectivity index (χ0v) is 21.1. The van der Waals surface area contributed by atoms with Gasteiger partial charge in [0.25, 0.3) is 5.91 Å². The second-order valence-corrected chi connectivity index (χ2v) is 9.89. The van der Waals surface area contributed by atoms with Crippen molar-refractivity contribution < 1.29 is 40.6 Å². The van der Waals surface area contributed by atoms with E-state index < -0.39 is 31.0 Å². The van der Waals surface area contributed by atoms with Gasteiger partial charge in [-0.05, 0) is 60.2 Å². The second-order valence-electron chi connectivity index (χ2n) is 9.89. The van der Waals surface area contributed by atoms with E-state index in [1.807, 2.05) is 29.1 Å². The lowest BCUT2D eigenvalue weighted by Crippen LogP contribution is -2.43. The van der Waals surface area contributed by atoms with Gasteiger partial charge in [0.2, 0.25) is 0 Å². The van der Waals surface area contributed by atoms with Gasteiger partial charge in [0.1, 0.15) is 17.9 Å². The largest absolute Gasteiger partial charge is 0.464 e. The Morgan fingerprint density at radius 1 is 1.07 bits per heavy atom. The number of furan rings is 1. The fourth-order valence-corrected chi connectivity index (χ4v) is 5.41. The molecule has 4 heterocycles. The Morgan fingerprint density at radius 3 is 2.62 bits per heavy atom. The first-order valence-electron chi connectivity index (χ1n) is 12.8. The van der Waals surface area contributed by atoms with E-state index in [0.29, 0.717) is 45.8 Å². The van der Waals surface area contributed by atoms with Crippen molar-refractivity contribution in [2.75, 3.05) is 26.3 Å². The number of carbonyl (C=O) groups is 1. The van der Waals surface area contributed by atoms with Crippen LogP contribution in [0.15, 0.2) is 53.4 Å². The fourth-order valence-electron chi connectivity index (χ4n) is 5.41. The summed E-state index contributed by atoms with van der Waals surface area (Å²) in [5, 5.41) is 5.21. The zero-order valence-electron chi connectivity index (χ0n) is 21.1. The lowest BCUT2D eigenvalue weighted by atomic mass is 9.92. The zero-order chi connectivity index (χ0) is 28.0. The van der Waals surface area contributed by atoms with E-state index in [2.05, 4.69) is 9.84 Å². The molecule has 0 radical (unpaired) electrons. The van der Waals surface area contributed by atoms with Crippen LogP contribution in [0.2, 0.25) is 0 Å². The Bertz CT molecular complexity index is 1560. The molecule has 1 saturated heterocycles. The van der Waals surface area contributed by atoms with Crippen LogP contribution >= 0.6 is 0 Å². The minimum atomic E-state index is -4.62. The van der Waals surface area contributed by atoms with E-state index in [4.69, 9.17) is 9.15 Å². The molecule has 0 saturated carbocycles. The maximum Gasteiger partial charge on any atom is 0.406 e. The number of ether oxygens (including phenoxy) is 2. The van der Waals surface area contributed by atoms with Gasteiger partial charge in [-0.1, -0.05) is 6.07 Å². The molecule has 0 spiro atoms. The molecule has 2 aliphatic heterocycles. The van der Waals surface area contributed by atoms with Crippen LogP contribution < -0.4 is 4.74 Å². The summed E-state index contributed by atoms with van der Waals surface area (Å²) < 4.78 is 83.3. The first-order valence-corrected chi connectivity index (χ1v) is 12.8. The number of benzene rings is 2. The monoisotopic (exact) mass is 561 g/mol. The molecule has 0 bridgehead atoms. The van der Waals surface area contributed by atoms with Gasteiger partial charge in [-0.15, -0.1) is 0 Å². The molecule has 1 amide bonds. The molecule has 40 heavy (non-hydrogen) atoms. The molecule has 0 N–H and O–H groups in total. The van der Waals surface area contributed by atoms with Crippen LogP contribution in [0, 0.1) is 0 Å². The summed E-state index contributed by atoms with van der Waals surface area (Å²) in [4.78, 5) is 13.4. The van der Waals surface area contributed by atoms with Crippen molar-refractivity contribution in [3.05, 3.63) is 60.1 Å². The number of alkyl halides is 5. The topological polar surface area (TPSA) is 69.7 Å². The predicted molar refractivity (Wildman–Crippen MR) is 134 cm³/mol. The molecule has 4 aromatic rings. The Labute approximate surface area is 225 Å². The fraction of sp³-hybridized carbons (Fsp3) is 0.357. The van der Waals surface area contributed by atoms with Crippen molar-refractivity contribution in [3.63, 3.8) is 0 Å². The normalized spacial score (nSPS) is 16.6. The number of rotatable bonds is 6. The number of hydrogen-bond acceptors (Lipinski definition) is 5. The number of nitrogens with zero attached hydrogens (tertiary/aromatic N) is 3. The van der Waals surface area contributed by atoms with Gasteiger partial charge in [0, 0.05) is 42.5 Å². The summed E-state index contributed by atoms with van der Waals surface area (Å²) in [5.41, 5.74) is 3.42. The van der Waals surface area contributed by atoms with Gasteiger partial charge in [-0.25, -0.2) is 0 Å². The Hall–Kier alpha value is -3.93. The summed E-state index contributed by atoms with van der Waals surface area (Å²) in [6.45, 7) is -3.53. The first kappa shape index (κ1) is 26.3. The van der Waals surface area contributed by atoms with Crippen LogP contribution in [0.4, 0.5) is 22.0 Å². The van der Waals surface area contributed by atoms with E-state index in [9.17, 15) is 26.7 Å². The average Bonchev–Trinajstić information content (AvgIpc) is 3.57. The van der Waals surface area contributed by atoms with Crippen molar-refractivity contribution in [2.24, 2.45) is 0 Å². The van der Waals surface area contributed by atoms with E-state index in [1.54, 1.807) is 12.3 Å². The molecule has 2 aromatic heterocycles. The molecule has 2 aliphatic rings. The standard InChI is InChI=1S/C28H24F5N3O4/c29-27(30)40-24-11-18(9-17-3-6-35(15-28(31,32)33)26(37)25(17)24)22-14-39-23-10-16(1-2-21(22)23)19-12-34-36(13-19)20-4-7-38-8-5-20/h1-2,9-14,20,27H,3-8,15H2. The van der Waals surface area contributed by atoms with Crippen LogP contribution in [0.25, 0.3) is 33.2 Å². The average molecular weight is 562 g/mol. The lowest BCUT2D eigenvalue weighted by Gasteiger charge is -2.30. The molecule has 7 nitrogen and oxygen atoms in total. The maximum absolute atomic E-state index is 13.3. The van der Waals surface area contributed by atoms with E-state index >= 15 is 0 Å². The molecular weight excluding hydrogens is 537 g/mol. The summed E-state index contributed by atoms with van der Waals surface area (Å²) in [6.07, 6.45) is 2.48. The van der Waals surface area contributed by atoms with Gasteiger partial charge < -0.3 is 18.8 Å². The number of amides is 1. The molecule has 12 heteroatoms. The molecule has 0 aliphatic carbocycles. The van der Waals surface area contributed by atoms with E-state index in [0.717, 1.165) is 24.0 Å². The SMILES string of the molecule is O=C1c2c(cc(-c3coc4cc(-c5cnn(C6CCOCC6)c5)ccc34)cc2OC(F)F)CCN1CC(F)(F)F. The van der Waals surface area contributed by atoms with Crippen molar-refractivity contribution in [1.82, 2.24) is 14.7 Å². The van der Waals surface area contributed by atoms with Crippen LogP contribution in [0.1, 0.15) is 34.8 Å². The molecule has 0 unspecified atom stereocenters. The second kappa shape index (κ2) is 10.2. The minimum absolute atomic E-state index is 0.0572. The molecule has 1 fully saturated rings. The Balaban J connectivity index is 1.33. The summed E-state index contributed by atoms with van der Waals surface area (Å²) in [5.74, 6) is -1.46. The molecule has 6 rings (SSSR count). The van der Waals surface area contributed by atoms with E-state index in [1.165, 1.54) is 12.3 Å². The van der Waals surface area contributed by atoms with Crippen LogP contribution in [-0.4, -0.2) is 59.7 Å². The molecule has 210 valence electrons. The number of aromatic nitrogens is 2. The highest BCUT2D eigenvalue weighted by atomic mass is 19.4. The number of fused-ring (bicyclic) bond motifs is 2. The third-order valence-electron chi connectivity index (χ3n) is 7.31. The van der Waals surface area contributed by atoms with Crippen molar-refractivity contribution in [1.29, 1.82) is 0 Å². The van der Waals surface area contributed by atoms with Crippen LogP contribution in [0.3, 0.4) is 0 Å². The van der Waals surface area contributed by atoms with Gasteiger partial charge >= 0.3 is 12.8 Å². The number of halogens is 5. The first-order chi connectivity index (χ1) is 19.2. The highest BCUT2D eigenvalue weighted by molar-refractivity contribution is 6.02. The maximum atomic E-state index is 13.3. The van der Waals surface area contributed by atoms with Crippen LogP contribution in [-0.2, 0) is 11.2 Å². The summed E-state index contributed by atoms with van der Waals surface area (Å²) in [7, 11) is 0. The van der Waals surface area contributed by atoms with Gasteiger partial charge in [-0.2, -0.15) is 27.1 Å². The molecule has 0 atom stereocenters. The Morgan fingerprint density at radius 2 is 1.88 bits per heavy atom. The van der Waals surface area contributed by atoms with Crippen LogP contribution in [0.5, 0.6) is 5.75 Å². The minimum Gasteiger partial charge on any atom is -0.464 e. The Kier molecular flexibility index (Phi) is 6.73. The third-order valence-corrected chi connectivity index (χ3v) is 7.31. The number of carbonyl (C=O) groups excluding carboxylic acids is 1. The third kappa shape index (κ3) is 5.15. The van der Waals surface area contributed by atoms with Gasteiger partial charge in [0.05, 0.1) is 24.1 Å². The lowest BCUT2D eigenvalue weighted by molar-refractivity contribution is -0.141. The quantitative estimate of drug-likeness (QED) is 0.252. The smallest absolute Gasteiger partial charge is 0.406 e. The molecule has 2 aromatic carbocycles. The highest BCUT2D eigenvalue weighted by Crippen LogP contribution is 2.39. The summed E-state index contributed by atoms with van der Waals surface area (Å²) >= 11 is 0. The number of hydrogen-bond donors (Lipinski definition) is 0. The van der Waals surface area contributed by atoms with Gasteiger partial charge in [-0.3, -0.25) is 9.48 Å².